The van der Waals surface area contributed by atoms with Crippen molar-refractivity contribution in [1.82, 2.24) is 0 Å². The van der Waals surface area contributed by atoms with E-state index in [1.54, 1.807) is 0 Å². The molecule has 0 aliphatic carbocycles. The van der Waals surface area contributed by atoms with Crippen LogP contribution in [0, 0.1) is 25.2 Å². The molecule has 0 saturated carbocycles. The molecule has 0 aromatic rings. The Labute approximate surface area is 95.8 Å². The first-order valence-corrected chi connectivity index (χ1v) is 3.82. The number of hydrogen-bond acceptors (Lipinski definition) is 1. The zero-order valence-electron chi connectivity index (χ0n) is 7.64. The minimum Gasteiger partial charge on any atom is -0.396 e. The maximum absolute atomic E-state index is 8.56. The summed E-state index contributed by atoms with van der Waals surface area (Å²) in [6.45, 7) is 12.4. The molecular weight excluding hydrogens is 213 g/mol. The standard InChI is InChI=1S/C9H18O.Y/c1-8(2)9(3,4)6-5-7-10;/h8,10H,3-7H2,1-2H3;/q-2;. The number of hydrogen-bond donors (Lipinski definition) is 1. The zero-order chi connectivity index (χ0) is 8.20. The van der Waals surface area contributed by atoms with Gasteiger partial charge in [-0.2, -0.15) is 0 Å². The maximum Gasteiger partial charge on any atom is 0.0429 e. The van der Waals surface area contributed by atoms with Gasteiger partial charge in [-0.05, 0) is 6.42 Å². The van der Waals surface area contributed by atoms with Gasteiger partial charge in [-0.3, -0.25) is 5.41 Å². The zero-order valence-corrected chi connectivity index (χ0v) is 10.5. The Morgan fingerprint density at radius 1 is 1.36 bits per heavy atom. The smallest absolute Gasteiger partial charge is 0.0429 e. The van der Waals surface area contributed by atoms with Gasteiger partial charge >= 0.3 is 0 Å². The predicted molar refractivity (Wildman–Crippen MR) is 44.3 cm³/mol. The summed E-state index contributed by atoms with van der Waals surface area (Å²) in [6.07, 6.45) is 1.71. The van der Waals surface area contributed by atoms with Crippen LogP contribution in [-0.2, 0) is 32.7 Å². The first-order valence-electron chi connectivity index (χ1n) is 3.82. The summed E-state index contributed by atoms with van der Waals surface area (Å²) < 4.78 is 0. The van der Waals surface area contributed by atoms with Gasteiger partial charge in [0.05, 0.1) is 0 Å². The van der Waals surface area contributed by atoms with E-state index in [0.29, 0.717) is 5.92 Å². The van der Waals surface area contributed by atoms with Crippen molar-refractivity contribution in [3.8, 4) is 0 Å². The Balaban J connectivity index is 0. The van der Waals surface area contributed by atoms with Crippen LogP contribution in [0.25, 0.3) is 0 Å². The van der Waals surface area contributed by atoms with Crippen LogP contribution in [0.5, 0.6) is 0 Å². The molecule has 0 saturated heterocycles. The molecule has 1 radical (unpaired) electrons. The fourth-order valence-corrected chi connectivity index (χ4v) is 0.720. The van der Waals surface area contributed by atoms with E-state index in [4.69, 9.17) is 5.11 Å². The van der Waals surface area contributed by atoms with E-state index < -0.39 is 0 Å². The minimum atomic E-state index is -0.108. The van der Waals surface area contributed by atoms with Gasteiger partial charge in [0.15, 0.2) is 0 Å². The van der Waals surface area contributed by atoms with Crippen LogP contribution in [-0.4, -0.2) is 11.7 Å². The second kappa shape index (κ2) is 6.57. The minimum absolute atomic E-state index is 0. The van der Waals surface area contributed by atoms with Crippen molar-refractivity contribution in [2.75, 3.05) is 6.61 Å². The molecule has 0 heterocycles. The summed E-state index contributed by atoms with van der Waals surface area (Å²) in [6, 6.07) is 0. The van der Waals surface area contributed by atoms with Gasteiger partial charge in [0, 0.05) is 39.3 Å². The van der Waals surface area contributed by atoms with E-state index in [1.165, 1.54) is 0 Å². The van der Waals surface area contributed by atoms with Crippen molar-refractivity contribution in [3.05, 3.63) is 13.8 Å². The largest absolute Gasteiger partial charge is 0.396 e. The first-order chi connectivity index (χ1) is 4.50. The fourth-order valence-electron chi connectivity index (χ4n) is 0.720. The molecule has 2 heteroatoms. The number of rotatable bonds is 4. The molecule has 0 aromatic carbocycles. The average Bonchev–Trinajstić information content (AvgIpc) is 1.84. The molecule has 0 spiro atoms. The van der Waals surface area contributed by atoms with Crippen LogP contribution in [0.3, 0.4) is 0 Å². The number of aliphatic hydroxyl groups is 1. The van der Waals surface area contributed by atoms with Crippen LogP contribution in [0.4, 0.5) is 0 Å². The normalized spacial score (nSPS) is 11.5. The van der Waals surface area contributed by atoms with Crippen LogP contribution in [0.2, 0.25) is 0 Å². The second-order valence-electron chi connectivity index (χ2n) is 3.34. The number of aliphatic hydroxyl groups excluding tert-OH is 1. The molecule has 1 nitrogen and oxygen atoms in total. The summed E-state index contributed by atoms with van der Waals surface area (Å²) in [5.74, 6) is 0.485. The van der Waals surface area contributed by atoms with Crippen molar-refractivity contribution in [1.29, 1.82) is 0 Å². The Bertz CT molecular complexity index is 89.6. The average molecular weight is 231 g/mol. The summed E-state index contributed by atoms with van der Waals surface area (Å²) >= 11 is 0. The van der Waals surface area contributed by atoms with Crippen molar-refractivity contribution < 1.29 is 37.8 Å². The van der Waals surface area contributed by atoms with E-state index in [2.05, 4.69) is 27.7 Å². The van der Waals surface area contributed by atoms with Gasteiger partial charge in [-0.25, -0.2) is 0 Å². The van der Waals surface area contributed by atoms with Crippen molar-refractivity contribution in [2.45, 2.75) is 26.7 Å². The predicted octanol–water partition coefficient (Wildman–Crippen LogP) is 2.07. The van der Waals surface area contributed by atoms with E-state index in [-0.39, 0.29) is 44.7 Å². The molecule has 0 unspecified atom stereocenters. The van der Waals surface area contributed by atoms with E-state index in [1.807, 2.05) is 0 Å². The van der Waals surface area contributed by atoms with Crippen LogP contribution in [0.15, 0.2) is 0 Å². The van der Waals surface area contributed by atoms with Crippen LogP contribution < -0.4 is 0 Å². The Kier molecular flexibility index (Phi) is 8.70. The Morgan fingerprint density at radius 3 is 2.09 bits per heavy atom. The van der Waals surface area contributed by atoms with Gasteiger partial charge in [0.25, 0.3) is 0 Å². The van der Waals surface area contributed by atoms with Crippen LogP contribution >= 0.6 is 0 Å². The molecule has 0 atom stereocenters. The third kappa shape index (κ3) is 6.25. The molecule has 0 aliphatic rings. The Hall–Kier alpha value is 1.06. The molecule has 0 rings (SSSR count). The molecule has 0 aliphatic heterocycles. The topological polar surface area (TPSA) is 20.2 Å². The monoisotopic (exact) mass is 231 g/mol. The van der Waals surface area contributed by atoms with Gasteiger partial charge in [-0.15, -0.1) is 0 Å². The Morgan fingerprint density at radius 2 is 1.82 bits per heavy atom. The van der Waals surface area contributed by atoms with Gasteiger partial charge in [0.1, 0.15) is 0 Å². The third-order valence-electron chi connectivity index (χ3n) is 2.06. The first kappa shape index (κ1) is 14.6. The molecule has 65 valence electrons. The van der Waals surface area contributed by atoms with Crippen LogP contribution in [0.1, 0.15) is 26.7 Å². The van der Waals surface area contributed by atoms with Crippen molar-refractivity contribution >= 4 is 0 Å². The molecule has 0 amide bonds. The van der Waals surface area contributed by atoms with E-state index in [0.717, 1.165) is 12.8 Å². The second-order valence-corrected chi connectivity index (χ2v) is 3.34. The van der Waals surface area contributed by atoms with Crippen molar-refractivity contribution in [3.63, 3.8) is 0 Å². The molecule has 11 heavy (non-hydrogen) atoms. The van der Waals surface area contributed by atoms with Crippen molar-refractivity contribution in [2.24, 2.45) is 11.3 Å². The molecule has 0 aromatic heterocycles. The fraction of sp³-hybridized carbons (Fsp3) is 0.778. The molecule has 0 bridgehead atoms. The van der Waals surface area contributed by atoms with Gasteiger partial charge in [-0.1, -0.05) is 26.2 Å². The summed E-state index contributed by atoms with van der Waals surface area (Å²) in [7, 11) is 0. The summed E-state index contributed by atoms with van der Waals surface area (Å²) in [5, 5.41) is 8.56. The summed E-state index contributed by atoms with van der Waals surface area (Å²) in [5.41, 5.74) is -0.108. The third-order valence-corrected chi connectivity index (χ3v) is 2.06. The van der Waals surface area contributed by atoms with Gasteiger partial charge < -0.3 is 19.0 Å². The maximum atomic E-state index is 8.56. The SMILES string of the molecule is [CH2-]C([CH2-])(CCCO)C(C)C.[Y]. The van der Waals surface area contributed by atoms with E-state index in [9.17, 15) is 0 Å². The molecule has 0 fully saturated rings. The molecular formula is C9H18OY-2. The summed E-state index contributed by atoms with van der Waals surface area (Å²) in [4.78, 5) is 0. The molecule has 1 N–H and O–H groups in total. The van der Waals surface area contributed by atoms with Gasteiger partial charge in [0.2, 0.25) is 0 Å². The quantitative estimate of drug-likeness (QED) is 0.734. The van der Waals surface area contributed by atoms with E-state index >= 15 is 0 Å².